The number of amides is 1. The van der Waals surface area contributed by atoms with Gasteiger partial charge in [-0.1, -0.05) is 36.8 Å². The number of para-hydroxylation sites is 1. The van der Waals surface area contributed by atoms with Crippen LogP contribution in [0.3, 0.4) is 0 Å². The van der Waals surface area contributed by atoms with Crippen molar-refractivity contribution in [2.75, 3.05) is 31.5 Å². The number of nitrogens with zero attached hydrogens (tertiary/aromatic N) is 2. The number of carbonyl (C=O) groups excluding carboxylic acids is 1. The normalized spacial score (nSPS) is 18.9. The van der Waals surface area contributed by atoms with E-state index < -0.39 is 38.1 Å². The Hall–Kier alpha value is -2.97. The number of thiophene rings is 1. The highest BCUT2D eigenvalue weighted by atomic mass is 32.2. The average Bonchev–Trinajstić information content (AvgIpc) is 3.47. The molecular weight excluding hydrogens is 575 g/mol. The number of nitrogens with one attached hydrogen (secondary N) is 1. The van der Waals surface area contributed by atoms with Crippen molar-refractivity contribution >= 4 is 43.0 Å². The van der Waals surface area contributed by atoms with Gasteiger partial charge in [0.05, 0.1) is 35.3 Å². The van der Waals surface area contributed by atoms with Crippen molar-refractivity contribution < 1.29 is 31.5 Å². The van der Waals surface area contributed by atoms with Crippen LogP contribution < -0.4 is 9.46 Å². The Labute approximate surface area is 239 Å². The van der Waals surface area contributed by atoms with Crippen molar-refractivity contribution in [3.05, 3.63) is 71.1 Å². The third kappa shape index (κ3) is 6.18. The molecular formula is C27H33N3O7S3. The van der Waals surface area contributed by atoms with Crippen LogP contribution >= 0.6 is 11.3 Å². The van der Waals surface area contributed by atoms with Gasteiger partial charge in [0.25, 0.3) is 15.9 Å². The molecule has 0 bridgehead atoms. The van der Waals surface area contributed by atoms with Gasteiger partial charge >= 0.3 is 0 Å². The lowest BCUT2D eigenvalue weighted by Crippen LogP contribution is -2.50. The number of anilines is 1. The number of hydrogen-bond acceptors (Lipinski definition) is 8. The molecule has 10 nitrogen and oxygen atoms in total. The molecule has 40 heavy (non-hydrogen) atoms. The van der Waals surface area contributed by atoms with E-state index in [2.05, 4.69) is 4.72 Å². The van der Waals surface area contributed by atoms with Gasteiger partial charge in [-0.15, -0.1) is 11.3 Å². The van der Waals surface area contributed by atoms with Crippen molar-refractivity contribution in [3.63, 3.8) is 0 Å². The van der Waals surface area contributed by atoms with Crippen LogP contribution in [0.25, 0.3) is 0 Å². The second-order valence-corrected chi connectivity index (χ2v) is 14.8. The Kier molecular flexibility index (Phi) is 8.90. The van der Waals surface area contributed by atoms with Crippen molar-refractivity contribution in [3.8, 4) is 5.75 Å². The molecule has 13 heteroatoms. The zero-order valence-electron chi connectivity index (χ0n) is 22.6. The van der Waals surface area contributed by atoms with Crippen LogP contribution in [0.4, 0.5) is 5.69 Å². The van der Waals surface area contributed by atoms with Gasteiger partial charge in [-0.2, -0.15) is 4.31 Å². The number of ether oxygens (including phenoxy) is 1. The molecule has 2 N–H and O–H groups in total. The van der Waals surface area contributed by atoms with E-state index in [1.807, 2.05) is 13.8 Å². The third-order valence-electron chi connectivity index (χ3n) is 6.86. The molecule has 216 valence electrons. The lowest BCUT2D eigenvalue weighted by molar-refractivity contribution is 0.0389. The fourth-order valence-corrected chi connectivity index (χ4v) is 7.63. The minimum Gasteiger partial charge on any atom is -0.486 e. The molecule has 0 saturated heterocycles. The summed E-state index contributed by atoms with van der Waals surface area (Å²) in [5, 5.41) is 11.5. The summed E-state index contributed by atoms with van der Waals surface area (Å²) in [7, 11) is -6.39. The molecule has 1 amide bonds. The topological polar surface area (TPSA) is 133 Å². The first-order valence-corrected chi connectivity index (χ1v) is 16.5. The van der Waals surface area contributed by atoms with Crippen LogP contribution in [0, 0.1) is 12.8 Å². The monoisotopic (exact) mass is 607 g/mol. The second-order valence-electron chi connectivity index (χ2n) is 9.94. The molecule has 1 aliphatic heterocycles. The predicted molar refractivity (Wildman–Crippen MR) is 154 cm³/mol. The maximum Gasteiger partial charge on any atom is 0.271 e. The lowest BCUT2D eigenvalue weighted by atomic mass is 9.99. The fourth-order valence-electron chi connectivity index (χ4n) is 4.39. The van der Waals surface area contributed by atoms with Crippen LogP contribution in [0.5, 0.6) is 5.75 Å². The summed E-state index contributed by atoms with van der Waals surface area (Å²) in [5.74, 6) is -0.816. The van der Waals surface area contributed by atoms with E-state index in [0.717, 1.165) is 16.9 Å². The molecule has 2 heterocycles. The van der Waals surface area contributed by atoms with Gasteiger partial charge < -0.3 is 14.7 Å². The summed E-state index contributed by atoms with van der Waals surface area (Å²) < 4.78 is 63.0. The minimum absolute atomic E-state index is 0.000421. The molecule has 0 aliphatic carbocycles. The van der Waals surface area contributed by atoms with Gasteiger partial charge in [-0.25, -0.2) is 16.8 Å². The summed E-state index contributed by atoms with van der Waals surface area (Å²) in [4.78, 5) is 15.3. The Morgan fingerprint density at radius 2 is 1.82 bits per heavy atom. The van der Waals surface area contributed by atoms with Crippen molar-refractivity contribution in [1.29, 1.82) is 0 Å². The van der Waals surface area contributed by atoms with Gasteiger partial charge in [0, 0.05) is 19.5 Å². The van der Waals surface area contributed by atoms with Crippen LogP contribution in [0.15, 0.2) is 69.1 Å². The van der Waals surface area contributed by atoms with Crippen LogP contribution in [-0.4, -0.2) is 75.9 Å². The summed E-state index contributed by atoms with van der Waals surface area (Å²) in [5.41, 5.74) is 1.09. The maximum atomic E-state index is 13.6. The Bertz CT molecular complexity index is 1560. The number of aliphatic hydroxyl groups excluding tert-OH is 1. The van der Waals surface area contributed by atoms with E-state index in [1.54, 1.807) is 48.7 Å². The average molecular weight is 608 g/mol. The first-order chi connectivity index (χ1) is 18.8. The summed E-state index contributed by atoms with van der Waals surface area (Å²) in [6.45, 7) is 5.23. The standard InChI is InChI=1S/C27H33N3O7S3/c1-18-10-12-21(13-11-18)40(35,36)29(4)16-24-19(2)15-30(20(3)17-31)27(32)22-7-5-8-23(26(22)37-24)28-39(33,34)25-9-6-14-38-25/h5-14,19-20,24,28,31H,15-17H2,1-4H3/t19-,20+,24-/m0/s1. The van der Waals surface area contributed by atoms with Crippen molar-refractivity contribution in [2.45, 2.75) is 42.0 Å². The number of carbonyl (C=O) groups is 1. The molecule has 1 aliphatic rings. The number of likely N-dealkylation sites (N-methyl/N-ethyl adjacent to an activating group) is 1. The number of benzene rings is 2. The first kappa shape index (κ1) is 30.0. The van der Waals surface area contributed by atoms with Crippen molar-refractivity contribution in [1.82, 2.24) is 9.21 Å². The molecule has 0 fully saturated rings. The minimum atomic E-state index is -3.98. The van der Waals surface area contributed by atoms with Crippen LogP contribution in [0.2, 0.25) is 0 Å². The van der Waals surface area contributed by atoms with E-state index in [9.17, 15) is 26.7 Å². The van der Waals surface area contributed by atoms with Gasteiger partial charge in [-0.3, -0.25) is 9.52 Å². The molecule has 0 unspecified atom stereocenters. The second kappa shape index (κ2) is 11.9. The summed E-state index contributed by atoms with van der Waals surface area (Å²) in [6.07, 6.45) is -0.766. The molecule has 3 atom stereocenters. The Morgan fingerprint density at radius 3 is 2.45 bits per heavy atom. The van der Waals surface area contributed by atoms with Gasteiger partial charge in [0.2, 0.25) is 10.0 Å². The SMILES string of the molecule is Cc1ccc(S(=O)(=O)N(C)C[C@@H]2Oc3c(NS(=O)(=O)c4cccs4)cccc3C(=O)N([C@H](C)CO)C[C@@H]2C)cc1. The number of hydrogen-bond donors (Lipinski definition) is 2. The number of sulfonamides is 2. The number of fused-ring (bicyclic) bond motifs is 1. The predicted octanol–water partition coefficient (Wildman–Crippen LogP) is 3.40. The van der Waals surface area contributed by atoms with E-state index in [-0.39, 0.29) is 51.7 Å². The zero-order valence-corrected chi connectivity index (χ0v) is 25.1. The highest BCUT2D eigenvalue weighted by Gasteiger charge is 2.36. The number of aryl methyl sites for hydroxylation is 1. The Balaban J connectivity index is 1.75. The van der Waals surface area contributed by atoms with E-state index in [4.69, 9.17) is 4.74 Å². The van der Waals surface area contributed by atoms with E-state index in [0.29, 0.717) is 0 Å². The lowest BCUT2D eigenvalue weighted by Gasteiger charge is -2.38. The van der Waals surface area contributed by atoms with E-state index >= 15 is 0 Å². The van der Waals surface area contributed by atoms with Crippen molar-refractivity contribution in [2.24, 2.45) is 5.92 Å². The zero-order chi connectivity index (χ0) is 29.2. The molecule has 0 saturated carbocycles. The van der Waals surface area contributed by atoms with Crippen LogP contribution in [-0.2, 0) is 20.0 Å². The third-order valence-corrected chi connectivity index (χ3v) is 11.5. The maximum absolute atomic E-state index is 13.6. The van der Waals surface area contributed by atoms with Gasteiger partial charge in [0.15, 0.2) is 5.75 Å². The molecule has 0 spiro atoms. The largest absolute Gasteiger partial charge is 0.486 e. The van der Waals surface area contributed by atoms with Crippen LogP contribution in [0.1, 0.15) is 29.8 Å². The summed E-state index contributed by atoms with van der Waals surface area (Å²) in [6, 6.07) is 13.6. The first-order valence-electron chi connectivity index (χ1n) is 12.7. The highest BCUT2D eigenvalue weighted by Crippen LogP contribution is 2.36. The highest BCUT2D eigenvalue weighted by molar-refractivity contribution is 7.94. The fraction of sp³-hybridized carbons (Fsp3) is 0.370. The Morgan fingerprint density at radius 1 is 1.12 bits per heavy atom. The molecule has 4 rings (SSSR count). The molecule has 2 aromatic carbocycles. The number of aliphatic hydroxyl groups is 1. The summed E-state index contributed by atoms with van der Waals surface area (Å²) >= 11 is 1.05. The molecule has 1 aromatic heterocycles. The molecule has 0 radical (unpaired) electrons. The van der Waals surface area contributed by atoms with E-state index in [1.165, 1.54) is 34.5 Å². The quantitative estimate of drug-likeness (QED) is 0.381. The smallest absolute Gasteiger partial charge is 0.271 e. The molecule has 3 aromatic rings. The van der Waals surface area contributed by atoms with Gasteiger partial charge in [0.1, 0.15) is 10.3 Å². The number of rotatable bonds is 9. The van der Waals surface area contributed by atoms with Gasteiger partial charge in [-0.05, 0) is 49.6 Å².